The number of aliphatic hydroxyl groups is 1. The van der Waals surface area contributed by atoms with Crippen LogP contribution in [0.25, 0.3) is 0 Å². The molecular weight excluding hydrogens is 245 g/mol. The van der Waals surface area contributed by atoms with Gasteiger partial charge in [-0.2, -0.15) is 0 Å². The van der Waals surface area contributed by atoms with E-state index in [1.54, 1.807) is 12.1 Å². The maximum atomic E-state index is 12.7. The molecule has 2 rings (SSSR count). The van der Waals surface area contributed by atoms with Crippen molar-refractivity contribution in [1.29, 1.82) is 0 Å². The molecule has 1 unspecified atom stereocenters. The molecule has 1 atom stereocenters. The van der Waals surface area contributed by atoms with Gasteiger partial charge >= 0.3 is 0 Å². The largest absolute Gasteiger partial charge is 0.491 e. The minimum Gasteiger partial charge on any atom is -0.491 e. The zero-order valence-corrected chi connectivity index (χ0v) is 11.1. The molecule has 1 aromatic rings. The first-order valence-electron chi connectivity index (χ1n) is 7.04. The Labute approximate surface area is 113 Å². The average molecular weight is 267 g/mol. The molecule has 0 spiro atoms. The molecule has 0 amide bonds. The average Bonchev–Trinajstić information content (AvgIpc) is 2.45. The number of halogens is 1. The molecule has 4 heteroatoms. The molecule has 2 N–H and O–H groups in total. The lowest BCUT2D eigenvalue weighted by Crippen LogP contribution is -2.38. The number of nitrogens with one attached hydrogen (secondary N) is 1. The standard InChI is InChI=1S/C15H22FNO2/c16-12-6-8-15(9-7-12)19-11-14(18)10-17-13-4-2-1-3-5-13/h6-9,13-14,17-18H,1-5,10-11H2. The maximum absolute atomic E-state index is 12.7. The van der Waals surface area contributed by atoms with Crippen LogP contribution in [0.5, 0.6) is 5.75 Å². The van der Waals surface area contributed by atoms with E-state index in [-0.39, 0.29) is 12.4 Å². The summed E-state index contributed by atoms with van der Waals surface area (Å²) in [6, 6.07) is 6.37. The third kappa shape index (κ3) is 5.17. The molecule has 1 aliphatic carbocycles. The van der Waals surface area contributed by atoms with E-state index in [1.807, 2.05) is 0 Å². The van der Waals surface area contributed by atoms with Gasteiger partial charge in [0.05, 0.1) is 0 Å². The number of hydrogen-bond donors (Lipinski definition) is 2. The molecule has 0 saturated heterocycles. The predicted molar refractivity (Wildman–Crippen MR) is 72.8 cm³/mol. The highest BCUT2D eigenvalue weighted by atomic mass is 19.1. The lowest BCUT2D eigenvalue weighted by atomic mass is 9.95. The van der Waals surface area contributed by atoms with Crippen molar-refractivity contribution < 1.29 is 14.2 Å². The van der Waals surface area contributed by atoms with Gasteiger partial charge in [0.2, 0.25) is 0 Å². The van der Waals surface area contributed by atoms with Gasteiger partial charge in [0.15, 0.2) is 0 Å². The van der Waals surface area contributed by atoms with E-state index in [1.165, 1.54) is 44.2 Å². The van der Waals surface area contributed by atoms with Gasteiger partial charge in [0, 0.05) is 12.6 Å². The summed E-state index contributed by atoms with van der Waals surface area (Å²) >= 11 is 0. The number of aliphatic hydroxyl groups excluding tert-OH is 1. The van der Waals surface area contributed by atoms with Gasteiger partial charge in [-0.25, -0.2) is 4.39 Å². The van der Waals surface area contributed by atoms with Crippen LogP contribution in [-0.2, 0) is 0 Å². The van der Waals surface area contributed by atoms with E-state index in [0.29, 0.717) is 18.3 Å². The summed E-state index contributed by atoms with van der Waals surface area (Å²) in [5, 5.41) is 13.2. The first-order chi connectivity index (χ1) is 9.24. The Morgan fingerprint density at radius 3 is 2.58 bits per heavy atom. The van der Waals surface area contributed by atoms with Crippen LogP contribution < -0.4 is 10.1 Å². The highest BCUT2D eigenvalue weighted by Crippen LogP contribution is 2.17. The van der Waals surface area contributed by atoms with Gasteiger partial charge in [0.25, 0.3) is 0 Å². The van der Waals surface area contributed by atoms with Crippen molar-refractivity contribution >= 4 is 0 Å². The van der Waals surface area contributed by atoms with Crippen LogP contribution in [0.3, 0.4) is 0 Å². The number of benzene rings is 1. The van der Waals surface area contributed by atoms with Crippen molar-refractivity contribution in [2.45, 2.75) is 44.2 Å². The summed E-state index contributed by atoms with van der Waals surface area (Å²) in [5.74, 6) is 0.296. The third-order valence-corrected chi connectivity index (χ3v) is 3.50. The van der Waals surface area contributed by atoms with E-state index >= 15 is 0 Å². The molecule has 19 heavy (non-hydrogen) atoms. The van der Waals surface area contributed by atoms with Crippen molar-refractivity contribution in [3.63, 3.8) is 0 Å². The molecule has 1 fully saturated rings. The first-order valence-corrected chi connectivity index (χ1v) is 7.04. The van der Waals surface area contributed by atoms with Crippen molar-refractivity contribution in [3.8, 4) is 5.75 Å². The van der Waals surface area contributed by atoms with Gasteiger partial charge in [0.1, 0.15) is 24.3 Å². The summed E-state index contributed by atoms with van der Waals surface area (Å²) in [6.45, 7) is 0.775. The number of ether oxygens (including phenoxy) is 1. The second-order valence-electron chi connectivity index (χ2n) is 5.16. The third-order valence-electron chi connectivity index (χ3n) is 3.50. The Bertz CT molecular complexity index is 363. The molecule has 0 radical (unpaired) electrons. The highest BCUT2D eigenvalue weighted by molar-refractivity contribution is 5.22. The minimum atomic E-state index is -0.535. The maximum Gasteiger partial charge on any atom is 0.123 e. The molecule has 0 aromatic heterocycles. The van der Waals surface area contributed by atoms with Gasteiger partial charge in [-0.1, -0.05) is 19.3 Å². The fourth-order valence-electron chi connectivity index (χ4n) is 2.39. The van der Waals surface area contributed by atoms with Gasteiger partial charge in [-0.3, -0.25) is 0 Å². The second-order valence-corrected chi connectivity index (χ2v) is 5.16. The van der Waals surface area contributed by atoms with Crippen LogP contribution in [0.15, 0.2) is 24.3 Å². The molecule has 0 bridgehead atoms. The van der Waals surface area contributed by atoms with E-state index in [2.05, 4.69) is 5.32 Å². The summed E-state index contributed by atoms with van der Waals surface area (Å²) in [7, 11) is 0. The van der Waals surface area contributed by atoms with Crippen molar-refractivity contribution in [1.82, 2.24) is 5.32 Å². The monoisotopic (exact) mass is 267 g/mol. The minimum absolute atomic E-state index is 0.228. The van der Waals surface area contributed by atoms with Crippen LogP contribution >= 0.6 is 0 Å². The summed E-state index contributed by atoms with van der Waals surface area (Å²) in [4.78, 5) is 0. The topological polar surface area (TPSA) is 41.5 Å². The molecule has 3 nitrogen and oxygen atoms in total. The number of hydrogen-bond acceptors (Lipinski definition) is 3. The Morgan fingerprint density at radius 1 is 1.21 bits per heavy atom. The zero-order valence-electron chi connectivity index (χ0n) is 11.1. The normalized spacial score (nSPS) is 18.2. The summed E-state index contributed by atoms with van der Waals surface area (Å²) in [5.41, 5.74) is 0. The molecule has 1 aromatic carbocycles. The predicted octanol–water partition coefficient (Wildman–Crippen LogP) is 2.49. The Morgan fingerprint density at radius 2 is 1.89 bits per heavy atom. The SMILES string of the molecule is OC(CNC1CCCCC1)COc1ccc(F)cc1. The lowest BCUT2D eigenvalue weighted by Gasteiger charge is -2.24. The van der Waals surface area contributed by atoms with Crippen molar-refractivity contribution in [3.05, 3.63) is 30.1 Å². The number of rotatable bonds is 6. The van der Waals surface area contributed by atoms with Gasteiger partial charge < -0.3 is 15.2 Å². The van der Waals surface area contributed by atoms with E-state index in [9.17, 15) is 9.50 Å². The summed E-state index contributed by atoms with van der Waals surface area (Å²) in [6.07, 6.45) is 5.75. The molecular formula is C15H22FNO2. The van der Waals surface area contributed by atoms with Crippen LogP contribution in [0.1, 0.15) is 32.1 Å². The van der Waals surface area contributed by atoms with Crippen LogP contribution in [-0.4, -0.2) is 30.4 Å². The lowest BCUT2D eigenvalue weighted by molar-refractivity contribution is 0.102. The molecule has 106 valence electrons. The first kappa shape index (κ1) is 14.3. The molecule has 0 aliphatic heterocycles. The highest BCUT2D eigenvalue weighted by Gasteiger charge is 2.14. The molecule has 0 heterocycles. The Hall–Kier alpha value is -1.13. The second kappa shape index (κ2) is 7.46. The van der Waals surface area contributed by atoms with Crippen LogP contribution in [0, 0.1) is 5.82 Å². The van der Waals surface area contributed by atoms with Gasteiger partial charge in [-0.15, -0.1) is 0 Å². The molecule has 1 aliphatic rings. The van der Waals surface area contributed by atoms with E-state index in [4.69, 9.17) is 4.74 Å². The zero-order chi connectivity index (χ0) is 13.5. The quantitative estimate of drug-likeness (QED) is 0.832. The fourth-order valence-corrected chi connectivity index (χ4v) is 2.39. The van der Waals surface area contributed by atoms with Crippen LogP contribution in [0.2, 0.25) is 0 Å². The van der Waals surface area contributed by atoms with Gasteiger partial charge in [-0.05, 0) is 37.1 Å². The summed E-state index contributed by atoms with van der Waals surface area (Å²) < 4.78 is 18.1. The van der Waals surface area contributed by atoms with Crippen molar-refractivity contribution in [2.24, 2.45) is 0 Å². The smallest absolute Gasteiger partial charge is 0.123 e. The van der Waals surface area contributed by atoms with Crippen molar-refractivity contribution in [2.75, 3.05) is 13.2 Å². The van der Waals surface area contributed by atoms with Crippen LogP contribution in [0.4, 0.5) is 4.39 Å². The van der Waals surface area contributed by atoms with E-state index < -0.39 is 6.10 Å². The Kier molecular flexibility index (Phi) is 5.61. The fraction of sp³-hybridized carbons (Fsp3) is 0.600. The van der Waals surface area contributed by atoms with E-state index in [0.717, 1.165) is 0 Å². The Balaban J connectivity index is 1.63. The molecule has 1 saturated carbocycles.